The molecule has 0 aromatic carbocycles. The number of hydrogen-bond acceptors (Lipinski definition) is 3. The van der Waals surface area contributed by atoms with Gasteiger partial charge >= 0.3 is 0 Å². The maximum atomic E-state index is 12.5. The molecule has 106 valence electrons. The molecule has 1 heterocycles. The lowest BCUT2D eigenvalue weighted by molar-refractivity contribution is -0.136. The average Bonchev–Trinajstić information content (AvgIpc) is 2.37. The van der Waals surface area contributed by atoms with E-state index in [2.05, 4.69) is 31.4 Å². The predicted molar refractivity (Wildman–Crippen MR) is 73.5 cm³/mol. The fraction of sp³-hybridized carbons (Fsp3) is 0.929. The van der Waals surface area contributed by atoms with Crippen LogP contribution in [0.3, 0.4) is 0 Å². The number of nitrogens with one attached hydrogen (secondary N) is 2. The second-order valence-corrected chi connectivity index (χ2v) is 6.16. The summed E-state index contributed by atoms with van der Waals surface area (Å²) in [6.45, 7) is 9.56. The highest BCUT2D eigenvalue weighted by Gasteiger charge is 2.39. The van der Waals surface area contributed by atoms with Gasteiger partial charge < -0.3 is 15.4 Å². The zero-order valence-electron chi connectivity index (χ0n) is 12.3. The van der Waals surface area contributed by atoms with Crippen LogP contribution < -0.4 is 10.6 Å². The van der Waals surface area contributed by atoms with Gasteiger partial charge in [0.2, 0.25) is 5.91 Å². The van der Waals surface area contributed by atoms with E-state index in [1.54, 1.807) is 7.11 Å². The molecule has 0 aromatic heterocycles. The molecule has 2 N–H and O–H groups in total. The summed E-state index contributed by atoms with van der Waals surface area (Å²) in [6, 6.07) is 0. The van der Waals surface area contributed by atoms with Crippen LogP contribution in [0.2, 0.25) is 0 Å². The molecule has 0 spiro atoms. The topological polar surface area (TPSA) is 50.4 Å². The highest BCUT2D eigenvalue weighted by molar-refractivity contribution is 5.83. The molecular weight excluding hydrogens is 228 g/mol. The Balaban J connectivity index is 2.60. The summed E-state index contributed by atoms with van der Waals surface area (Å²) in [6.07, 6.45) is 2.78. The van der Waals surface area contributed by atoms with Crippen molar-refractivity contribution in [3.63, 3.8) is 0 Å². The summed E-state index contributed by atoms with van der Waals surface area (Å²) in [5, 5.41) is 6.42. The number of hydrogen-bond donors (Lipinski definition) is 2. The minimum absolute atomic E-state index is 0.160. The number of carbonyl (C=O) groups is 1. The van der Waals surface area contributed by atoms with Crippen LogP contribution in [0.5, 0.6) is 0 Å². The molecule has 0 atom stereocenters. The predicted octanol–water partition coefficient (Wildman–Crippen LogP) is 1.55. The lowest BCUT2D eigenvalue weighted by Gasteiger charge is -2.36. The van der Waals surface area contributed by atoms with Crippen LogP contribution >= 0.6 is 0 Å². The van der Waals surface area contributed by atoms with Crippen molar-refractivity contribution >= 4 is 5.91 Å². The first-order valence-electron chi connectivity index (χ1n) is 6.94. The Kier molecular flexibility index (Phi) is 5.60. The molecule has 0 radical (unpaired) electrons. The van der Waals surface area contributed by atoms with Crippen LogP contribution in [0.4, 0.5) is 0 Å². The fourth-order valence-corrected chi connectivity index (χ4v) is 2.25. The van der Waals surface area contributed by atoms with Gasteiger partial charge in [-0.15, -0.1) is 0 Å². The molecule has 0 unspecified atom stereocenters. The zero-order valence-corrected chi connectivity index (χ0v) is 12.3. The van der Waals surface area contributed by atoms with Crippen molar-refractivity contribution in [3.05, 3.63) is 0 Å². The normalized spacial score (nSPS) is 19.6. The smallest absolute Gasteiger partial charge is 0.228 e. The summed E-state index contributed by atoms with van der Waals surface area (Å²) < 4.78 is 5.28. The number of piperidine rings is 1. The molecule has 1 amide bonds. The molecule has 4 nitrogen and oxygen atoms in total. The van der Waals surface area contributed by atoms with Crippen LogP contribution in [0.25, 0.3) is 0 Å². The molecule has 1 saturated heterocycles. The second kappa shape index (κ2) is 6.53. The Labute approximate surface area is 111 Å². The Morgan fingerprint density at radius 2 is 2.00 bits per heavy atom. The fourth-order valence-electron chi connectivity index (χ4n) is 2.25. The van der Waals surface area contributed by atoms with Crippen molar-refractivity contribution in [1.29, 1.82) is 0 Å². The molecule has 4 heteroatoms. The Bertz CT molecular complexity index is 265. The summed E-state index contributed by atoms with van der Waals surface area (Å²) in [5.41, 5.74) is -0.166. The molecule has 0 aliphatic carbocycles. The highest BCUT2D eigenvalue weighted by Crippen LogP contribution is 2.30. The van der Waals surface area contributed by atoms with E-state index in [0.717, 1.165) is 38.9 Å². The van der Waals surface area contributed by atoms with E-state index < -0.39 is 0 Å². The van der Waals surface area contributed by atoms with Crippen molar-refractivity contribution in [2.75, 3.05) is 33.4 Å². The van der Waals surface area contributed by atoms with Gasteiger partial charge in [-0.1, -0.05) is 20.8 Å². The van der Waals surface area contributed by atoms with Crippen molar-refractivity contribution in [2.24, 2.45) is 10.8 Å². The molecule has 1 aliphatic heterocycles. The highest BCUT2D eigenvalue weighted by atomic mass is 16.5. The third-order valence-corrected chi connectivity index (χ3v) is 4.15. The Morgan fingerprint density at radius 1 is 1.39 bits per heavy atom. The monoisotopic (exact) mass is 256 g/mol. The molecule has 1 rings (SSSR count). The van der Waals surface area contributed by atoms with E-state index >= 15 is 0 Å². The first-order chi connectivity index (χ1) is 8.46. The van der Waals surface area contributed by atoms with Gasteiger partial charge in [-0.2, -0.15) is 0 Å². The van der Waals surface area contributed by atoms with Crippen LogP contribution in [-0.2, 0) is 9.53 Å². The van der Waals surface area contributed by atoms with Gasteiger partial charge in [-0.05, 0) is 37.8 Å². The van der Waals surface area contributed by atoms with E-state index in [-0.39, 0.29) is 16.7 Å². The SMILES string of the molecule is CCC(C)(C)CNC(=O)C1(COC)CCNCC1. The van der Waals surface area contributed by atoms with Crippen LogP contribution in [0.1, 0.15) is 40.0 Å². The molecule has 1 aliphatic rings. The maximum Gasteiger partial charge on any atom is 0.228 e. The Morgan fingerprint density at radius 3 is 2.50 bits per heavy atom. The summed E-state index contributed by atoms with van der Waals surface area (Å²) in [7, 11) is 1.67. The molecule has 18 heavy (non-hydrogen) atoms. The number of methoxy groups -OCH3 is 1. The number of rotatable bonds is 6. The molecule has 0 saturated carbocycles. The van der Waals surface area contributed by atoms with Crippen LogP contribution in [0, 0.1) is 10.8 Å². The van der Waals surface area contributed by atoms with Gasteiger partial charge in [-0.25, -0.2) is 0 Å². The number of carbonyl (C=O) groups excluding carboxylic acids is 1. The van der Waals surface area contributed by atoms with Crippen molar-refractivity contribution < 1.29 is 9.53 Å². The number of amides is 1. The Hall–Kier alpha value is -0.610. The van der Waals surface area contributed by atoms with Crippen molar-refractivity contribution in [1.82, 2.24) is 10.6 Å². The van der Waals surface area contributed by atoms with E-state index in [4.69, 9.17) is 4.74 Å². The van der Waals surface area contributed by atoms with Gasteiger partial charge in [0.05, 0.1) is 12.0 Å². The second-order valence-electron chi connectivity index (χ2n) is 6.16. The minimum atomic E-state index is -0.330. The maximum absolute atomic E-state index is 12.5. The lowest BCUT2D eigenvalue weighted by atomic mass is 9.78. The van der Waals surface area contributed by atoms with E-state index in [1.165, 1.54) is 0 Å². The minimum Gasteiger partial charge on any atom is -0.384 e. The zero-order chi connectivity index (χ0) is 13.6. The largest absolute Gasteiger partial charge is 0.384 e. The standard InChI is InChI=1S/C14H28N2O2/c1-5-13(2,3)10-16-12(17)14(11-18-4)6-8-15-9-7-14/h15H,5-11H2,1-4H3,(H,16,17). The van der Waals surface area contributed by atoms with Crippen molar-refractivity contribution in [3.8, 4) is 0 Å². The first-order valence-corrected chi connectivity index (χ1v) is 6.94. The van der Waals surface area contributed by atoms with Crippen molar-refractivity contribution in [2.45, 2.75) is 40.0 Å². The summed E-state index contributed by atoms with van der Waals surface area (Å²) in [4.78, 5) is 12.5. The van der Waals surface area contributed by atoms with Crippen LogP contribution in [0.15, 0.2) is 0 Å². The molecule has 0 aromatic rings. The average molecular weight is 256 g/mol. The number of ether oxygens (including phenoxy) is 1. The molecule has 1 fully saturated rings. The van der Waals surface area contributed by atoms with E-state index in [0.29, 0.717) is 6.61 Å². The van der Waals surface area contributed by atoms with E-state index in [1.807, 2.05) is 0 Å². The summed E-state index contributed by atoms with van der Waals surface area (Å²) >= 11 is 0. The summed E-state index contributed by atoms with van der Waals surface area (Å²) in [5.74, 6) is 0.160. The third-order valence-electron chi connectivity index (χ3n) is 4.15. The quantitative estimate of drug-likeness (QED) is 0.758. The first kappa shape index (κ1) is 15.4. The van der Waals surface area contributed by atoms with Gasteiger partial charge in [0.1, 0.15) is 0 Å². The molecule has 0 bridgehead atoms. The lowest BCUT2D eigenvalue weighted by Crippen LogP contribution is -2.51. The van der Waals surface area contributed by atoms with Gasteiger partial charge in [0.15, 0.2) is 0 Å². The van der Waals surface area contributed by atoms with Gasteiger partial charge in [-0.3, -0.25) is 4.79 Å². The van der Waals surface area contributed by atoms with Gasteiger partial charge in [0, 0.05) is 13.7 Å². The van der Waals surface area contributed by atoms with Crippen LogP contribution in [-0.4, -0.2) is 39.3 Å². The van der Waals surface area contributed by atoms with Gasteiger partial charge in [0.25, 0.3) is 0 Å². The van der Waals surface area contributed by atoms with E-state index in [9.17, 15) is 4.79 Å². The third kappa shape index (κ3) is 3.95. The molecular formula is C14H28N2O2.